The normalized spacial score (nSPS) is 17.5. The summed E-state index contributed by atoms with van der Waals surface area (Å²) < 4.78 is 23.6. The predicted molar refractivity (Wildman–Crippen MR) is 95.5 cm³/mol. The molecular weight excluding hydrogens is 381 g/mol. The molecule has 0 N–H and O–H groups in total. The number of carbonyl (C=O) groups is 2. The molecular formula is C18H11ClFNO4S. The van der Waals surface area contributed by atoms with Crippen LogP contribution >= 0.6 is 23.4 Å². The minimum atomic E-state index is -0.418. The van der Waals surface area contributed by atoms with Gasteiger partial charge in [-0.05, 0) is 47.2 Å². The number of amides is 2. The fourth-order valence-corrected chi connectivity index (χ4v) is 3.63. The monoisotopic (exact) mass is 391 g/mol. The quantitative estimate of drug-likeness (QED) is 0.724. The maximum atomic E-state index is 13.0. The number of imide groups is 1. The van der Waals surface area contributed by atoms with Crippen molar-refractivity contribution in [2.75, 3.05) is 6.79 Å². The first kappa shape index (κ1) is 16.9. The van der Waals surface area contributed by atoms with Crippen molar-refractivity contribution < 1.29 is 23.5 Å². The molecule has 2 aromatic carbocycles. The number of benzene rings is 2. The molecule has 2 heterocycles. The first-order valence-electron chi connectivity index (χ1n) is 7.60. The average molecular weight is 392 g/mol. The summed E-state index contributed by atoms with van der Waals surface area (Å²) >= 11 is 7.05. The van der Waals surface area contributed by atoms with E-state index < -0.39 is 5.91 Å². The lowest BCUT2D eigenvalue weighted by atomic mass is 10.1. The van der Waals surface area contributed by atoms with E-state index in [1.54, 1.807) is 18.2 Å². The molecule has 1 saturated heterocycles. The summed E-state index contributed by atoms with van der Waals surface area (Å²) in [5.74, 6) is 0.279. The second-order valence-electron chi connectivity index (χ2n) is 5.62. The number of rotatable bonds is 3. The molecule has 26 heavy (non-hydrogen) atoms. The zero-order valence-corrected chi connectivity index (χ0v) is 14.8. The second kappa shape index (κ2) is 6.66. The van der Waals surface area contributed by atoms with Crippen molar-refractivity contribution in [3.63, 3.8) is 0 Å². The van der Waals surface area contributed by atoms with Crippen LogP contribution in [0.15, 0.2) is 41.3 Å². The van der Waals surface area contributed by atoms with E-state index in [-0.39, 0.29) is 29.3 Å². The molecule has 4 rings (SSSR count). The number of fused-ring (bicyclic) bond motifs is 1. The summed E-state index contributed by atoms with van der Waals surface area (Å²) in [5.41, 5.74) is 1.22. The number of hydrogen-bond donors (Lipinski definition) is 0. The van der Waals surface area contributed by atoms with Crippen LogP contribution in [0.3, 0.4) is 0 Å². The van der Waals surface area contributed by atoms with Crippen LogP contribution in [0, 0.1) is 5.82 Å². The number of nitrogens with zero attached hydrogens (tertiary/aromatic N) is 1. The lowest BCUT2D eigenvalue weighted by Gasteiger charge is -2.12. The molecule has 0 radical (unpaired) electrons. The van der Waals surface area contributed by atoms with Crippen LogP contribution in [0.2, 0.25) is 5.02 Å². The second-order valence-corrected chi connectivity index (χ2v) is 7.02. The number of halogens is 2. The van der Waals surface area contributed by atoms with E-state index in [0.717, 1.165) is 16.7 Å². The Morgan fingerprint density at radius 2 is 1.85 bits per heavy atom. The Morgan fingerprint density at radius 3 is 2.58 bits per heavy atom. The van der Waals surface area contributed by atoms with E-state index in [1.807, 2.05) is 0 Å². The van der Waals surface area contributed by atoms with Gasteiger partial charge in [0, 0.05) is 6.07 Å². The molecule has 0 atom stereocenters. The first-order valence-corrected chi connectivity index (χ1v) is 8.79. The Hall–Kier alpha value is -2.51. The van der Waals surface area contributed by atoms with Gasteiger partial charge in [0.2, 0.25) is 6.79 Å². The fraction of sp³-hybridized carbons (Fsp3) is 0.111. The van der Waals surface area contributed by atoms with Gasteiger partial charge in [-0.15, -0.1) is 0 Å². The molecule has 0 unspecified atom stereocenters. The van der Waals surface area contributed by atoms with Gasteiger partial charge in [-0.1, -0.05) is 23.7 Å². The Balaban J connectivity index is 1.59. The fourth-order valence-electron chi connectivity index (χ4n) is 2.59. The Bertz CT molecular complexity index is 945. The number of thioether (sulfide) groups is 1. The van der Waals surface area contributed by atoms with Crippen molar-refractivity contribution in [2.45, 2.75) is 6.54 Å². The third-order valence-electron chi connectivity index (χ3n) is 3.91. The average Bonchev–Trinajstić information content (AvgIpc) is 3.16. The summed E-state index contributed by atoms with van der Waals surface area (Å²) in [5, 5.41) is 0.00187. The lowest BCUT2D eigenvalue weighted by molar-refractivity contribution is -0.123. The summed E-state index contributed by atoms with van der Waals surface area (Å²) in [6, 6.07) is 8.93. The summed E-state index contributed by atoms with van der Waals surface area (Å²) in [7, 11) is 0. The minimum Gasteiger partial charge on any atom is -0.454 e. The number of hydrogen-bond acceptors (Lipinski definition) is 5. The SMILES string of the molecule is O=C1S/C(=C\c2cc3c(cc2Cl)OCO3)C(=O)N1Cc1ccc(F)cc1. The Morgan fingerprint density at radius 1 is 1.15 bits per heavy atom. The highest BCUT2D eigenvalue weighted by molar-refractivity contribution is 8.18. The molecule has 8 heteroatoms. The molecule has 0 aromatic heterocycles. The molecule has 1 fully saturated rings. The first-order chi connectivity index (χ1) is 12.5. The topological polar surface area (TPSA) is 55.8 Å². The molecule has 0 aliphatic carbocycles. The van der Waals surface area contributed by atoms with Gasteiger partial charge >= 0.3 is 0 Å². The molecule has 2 aliphatic heterocycles. The van der Waals surface area contributed by atoms with E-state index >= 15 is 0 Å². The largest absolute Gasteiger partial charge is 0.454 e. The zero-order chi connectivity index (χ0) is 18.3. The van der Waals surface area contributed by atoms with Crippen LogP contribution in [0.1, 0.15) is 11.1 Å². The molecule has 2 aromatic rings. The highest BCUT2D eigenvalue weighted by Crippen LogP contribution is 2.40. The molecule has 2 amide bonds. The van der Waals surface area contributed by atoms with Crippen molar-refractivity contribution in [3.05, 3.63) is 63.3 Å². The minimum absolute atomic E-state index is 0.0805. The molecule has 0 bridgehead atoms. The van der Waals surface area contributed by atoms with Crippen molar-refractivity contribution in [1.29, 1.82) is 0 Å². The molecule has 132 valence electrons. The van der Waals surface area contributed by atoms with Crippen molar-refractivity contribution in [3.8, 4) is 11.5 Å². The molecule has 0 spiro atoms. The van der Waals surface area contributed by atoms with E-state index in [2.05, 4.69) is 0 Å². The van der Waals surface area contributed by atoms with Gasteiger partial charge in [0.25, 0.3) is 11.1 Å². The number of carbonyl (C=O) groups excluding carboxylic acids is 2. The molecule has 2 aliphatic rings. The predicted octanol–water partition coefficient (Wildman–Crippen LogP) is 4.44. The highest BCUT2D eigenvalue weighted by Gasteiger charge is 2.35. The molecule has 5 nitrogen and oxygen atoms in total. The van der Waals surface area contributed by atoms with E-state index in [9.17, 15) is 14.0 Å². The van der Waals surface area contributed by atoms with Crippen LogP contribution in [-0.2, 0) is 11.3 Å². The maximum absolute atomic E-state index is 13.0. The molecule has 0 saturated carbocycles. The van der Waals surface area contributed by atoms with Gasteiger partial charge in [-0.2, -0.15) is 0 Å². The van der Waals surface area contributed by atoms with E-state index in [1.165, 1.54) is 24.3 Å². The van der Waals surface area contributed by atoms with Crippen molar-refractivity contribution >= 4 is 40.6 Å². The highest BCUT2D eigenvalue weighted by atomic mass is 35.5. The standard InChI is InChI=1S/C18H11ClFNO4S/c19-13-7-15-14(24-9-25-15)5-11(13)6-16-17(22)21(18(23)26-16)8-10-1-3-12(20)4-2-10/h1-7H,8-9H2/b16-6-. The third-order valence-corrected chi connectivity index (χ3v) is 5.14. The van der Waals surface area contributed by atoms with E-state index in [4.69, 9.17) is 21.1 Å². The lowest BCUT2D eigenvalue weighted by Crippen LogP contribution is -2.27. The zero-order valence-electron chi connectivity index (χ0n) is 13.2. The van der Waals surface area contributed by atoms with Crippen molar-refractivity contribution in [2.24, 2.45) is 0 Å². The number of ether oxygens (including phenoxy) is 2. The Kier molecular flexibility index (Phi) is 4.34. The van der Waals surface area contributed by atoms with Crippen LogP contribution in [-0.4, -0.2) is 22.8 Å². The van der Waals surface area contributed by atoms with Crippen LogP contribution in [0.25, 0.3) is 6.08 Å². The van der Waals surface area contributed by atoms with Gasteiger partial charge in [-0.25, -0.2) is 4.39 Å². The maximum Gasteiger partial charge on any atom is 0.293 e. The smallest absolute Gasteiger partial charge is 0.293 e. The van der Waals surface area contributed by atoms with Gasteiger partial charge in [0.05, 0.1) is 16.5 Å². The van der Waals surface area contributed by atoms with Crippen LogP contribution in [0.4, 0.5) is 9.18 Å². The van der Waals surface area contributed by atoms with E-state index in [0.29, 0.717) is 27.6 Å². The summed E-state index contributed by atoms with van der Waals surface area (Å²) in [6.07, 6.45) is 1.56. The summed E-state index contributed by atoms with van der Waals surface area (Å²) in [4.78, 5) is 26.2. The van der Waals surface area contributed by atoms with Gasteiger partial charge in [-0.3, -0.25) is 14.5 Å². The summed E-state index contributed by atoms with van der Waals surface area (Å²) in [6.45, 7) is 0.195. The van der Waals surface area contributed by atoms with Crippen LogP contribution in [0.5, 0.6) is 11.5 Å². The third kappa shape index (κ3) is 3.15. The van der Waals surface area contributed by atoms with Crippen LogP contribution < -0.4 is 9.47 Å². The van der Waals surface area contributed by atoms with Gasteiger partial charge in [0.15, 0.2) is 11.5 Å². The van der Waals surface area contributed by atoms with Crippen molar-refractivity contribution in [1.82, 2.24) is 4.90 Å². The van der Waals surface area contributed by atoms with Gasteiger partial charge in [0.1, 0.15) is 5.82 Å². The van der Waals surface area contributed by atoms with Gasteiger partial charge < -0.3 is 9.47 Å². The Labute approximate surface area is 157 Å².